The molecule has 0 spiro atoms. The Hall–Kier alpha value is -1.70. The van der Waals surface area contributed by atoms with Crippen molar-refractivity contribution in [3.05, 3.63) is 60.2 Å². The summed E-state index contributed by atoms with van der Waals surface area (Å²) in [6, 6.07) is 10.6. The maximum absolute atomic E-state index is 4.49. The zero-order valence-corrected chi connectivity index (χ0v) is 13.2. The molecule has 0 aliphatic carbocycles. The Bertz CT molecular complexity index is 508. The van der Waals surface area contributed by atoms with Crippen LogP contribution in [0.15, 0.2) is 48.9 Å². The van der Waals surface area contributed by atoms with E-state index in [-0.39, 0.29) is 0 Å². The fourth-order valence-corrected chi connectivity index (χ4v) is 2.59. The van der Waals surface area contributed by atoms with E-state index >= 15 is 0 Å². The predicted molar refractivity (Wildman–Crippen MR) is 87.1 cm³/mol. The van der Waals surface area contributed by atoms with Crippen LogP contribution in [0.3, 0.4) is 0 Å². The molecule has 0 aliphatic rings. The first-order chi connectivity index (χ1) is 10.4. The molecule has 0 amide bonds. The van der Waals surface area contributed by atoms with Crippen LogP contribution in [0.1, 0.15) is 56.7 Å². The quantitative estimate of drug-likeness (QED) is 0.494. The molecule has 0 atom stereocenters. The Kier molecular flexibility index (Phi) is 6.93. The lowest BCUT2D eigenvalue weighted by molar-refractivity contribution is -0.689. The van der Waals surface area contributed by atoms with Crippen molar-refractivity contribution in [1.29, 1.82) is 0 Å². The lowest BCUT2D eigenvalue weighted by Crippen LogP contribution is -2.34. The van der Waals surface area contributed by atoms with Gasteiger partial charge in [-0.3, -0.25) is 0 Å². The smallest absolute Gasteiger partial charge is 0.190 e. The van der Waals surface area contributed by atoms with Crippen molar-refractivity contribution in [1.82, 2.24) is 4.98 Å². The zero-order valence-electron chi connectivity index (χ0n) is 13.2. The minimum absolute atomic E-state index is 0.923. The second-order valence-electron chi connectivity index (χ2n) is 5.72. The van der Waals surface area contributed by atoms with E-state index in [0.717, 1.165) is 13.0 Å². The highest BCUT2D eigenvalue weighted by Crippen LogP contribution is 2.07. The number of rotatable bonds is 9. The largest absolute Gasteiger partial charge is 0.249 e. The maximum Gasteiger partial charge on any atom is 0.190 e. The standard InChI is InChI=1S/C19H27N2/c1-2-3-4-5-6-10-13-19-17-21(15-14-20-19)16-18-11-8-7-9-12-18/h7-9,11-12,14-15,17H,2-6,10,13,16H2,1H3/q+1. The highest BCUT2D eigenvalue weighted by molar-refractivity contribution is 5.13. The van der Waals surface area contributed by atoms with Gasteiger partial charge in [0, 0.05) is 5.56 Å². The zero-order chi connectivity index (χ0) is 14.8. The molecule has 0 saturated heterocycles. The summed E-state index contributed by atoms with van der Waals surface area (Å²) in [5, 5.41) is 0. The highest BCUT2D eigenvalue weighted by Gasteiger charge is 2.05. The molecule has 2 aromatic rings. The SMILES string of the molecule is CCCCCCCCc1c[n+](Cc2ccccc2)ccn1. The number of benzene rings is 1. The summed E-state index contributed by atoms with van der Waals surface area (Å²) in [6.45, 7) is 3.19. The van der Waals surface area contributed by atoms with Gasteiger partial charge in [-0.05, 0) is 12.8 Å². The van der Waals surface area contributed by atoms with Crippen molar-refractivity contribution in [2.75, 3.05) is 0 Å². The fraction of sp³-hybridized carbons (Fsp3) is 0.474. The number of nitrogens with zero attached hydrogens (tertiary/aromatic N) is 2. The molecular formula is C19H27N2+. The van der Waals surface area contributed by atoms with Crippen molar-refractivity contribution in [2.45, 2.75) is 58.4 Å². The Morgan fingerprint density at radius 2 is 1.71 bits per heavy atom. The fourth-order valence-electron chi connectivity index (χ4n) is 2.59. The van der Waals surface area contributed by atoms with Crippen molar-refractivity contribution in [3.63, 3.8) is 0 Å². The molecular weight excluding hydrogens is 256 g/mol. The monoisotopic (exact) mass is 283 g/mol. The third kappa shape index (κ3) is 6.07. The maximum atomic E-state index is 4.49. The molecule has 112 valence electrons. The number of hydrogen-bond donors (Lipinski definition) is 0. The van der Waals surface area contributed by atoms with Crippen LogP contribution < -0.4 is 4.57 Å². The van der Waals surface area contributed by atoms with Gasteiger partial charge in [0.05, 0.1) is 6.20 Å². The molecule has 21 heavy (non-hydrogen) atoms. The van der Waals surface area contributed by atoms with Gasteiger partial charge in [0.1, 0.15) is 5.69 Å². The normalized spacial score (nSPS) is 10.7. The van der Waals surface area contributed by atoms with Crippen molar-refractivity contribution >= 4 is 0 Å². The summed E-state index contributed by atoms with van der Waals surface area (Å²) >= 11 is 0. The molecule has 2 nitrogen and oxygen atoms in total. The van der Waals surface area contributed by atoms with Gasteiger partial charge in [-0.2, -0.15) is 4.57 Å². The van der Waals surface area contributed by atoms with Crippen LogP contribution in [0.2, 0.25) is 0 Å². The third-order valence-corrected chi connectivity index (χ3v) is 3.81. The highest BCUT2D eigenvalue weighted by atomic mass is 15.0. The summed E-state index contributed by atoms with van der Waals surface area (Å²) in [4.78, 5) is 4.49. The molecule has 2 heteroatoms. The van der Waals surface area contributed by atoms with Crippen LogP contribution >= 0.6 is 0 Å². The van der Waals surface area contributed by atoms with E-state index in [4.69, 9.17) is 0 Å². The summed E-state index contributed by atoms with van der Waals surface area (Å²) in [7, 11) is 0. The summed E-state index contributed by atoms with van der Waals surface area (Å²) in [5.74, 6) is 0. The van der Waals surface area contributed by atoms with E-state index in [1.807, 2.05) is 6.20 Å². The Morgan fingerprint density at radius 3 is 2.52 bits per heavy atom. The first-order valence-electron chi connectivity index (χ1n) is 8.26. The number of unbranched alkanes of at least 4 members (excludes halogenated alkanes) is 5. The molecule has 1 aromatic heterocycles. The van der Waals surface area contributed by atoms with E-state index in [1.54, 1.807) is 0 Å². The first-order valence-corrected chi connectivity index (χ1v) is 8.26. The molecule has 1 heterocycles. The van der Waals surface area contributed by atoms with Gasteiger partial charge in [0.15, 0.2) is 18.9 Å². The minimum atomic E-state index is 0.923. The van der Waals surface area contributed by atoms with Gasteiger partial charge in [0.25, 0.3) is 0 Å². The van der Waals surface area contributed by atoms with E-state index in [2.05, 4.69) is 59.2 Å². The second kappa shape index (κ2) is 9.28. The van der Waals surface area contributed by atoms with E-state index in [0.29, 0.717) is 0 Å². The number of hydrogen-bond acceptors (Lipinski definition) is 1. The molecule has 0 aliphatic heterocycles. The predicted octanol–water partition coefficient (Wildman–Crippen LogP) is 4.32. The lowest BCUT2D eigenvalue weighted by Gasteiger charge is -2.02. The Labute approximate surface area is 128 Å². The summed E-state index contributed by atoms with van der Waals surface area (Å²) in [5.41, 5.74) is 2.54. The van der Waals surface area contributed by atoms with Crippen molar-refractivity contribution < 1.29 is 4.57 Å². The molecule has 0 bridgehead atoms. The summed E-state index contributed by atoms with van der Waals surface area (Å²) in [6.07, 6.45) is 15.3. The second-order valence-corrected chi connectivity index (χ2v) is 5.72. The van der Waals surface area contributed by atoms with Gasteiger partial charge in [-0.15, -0.1) is 0 Å². The van der Waals surface area contributed by atoms with E-state index in [1.165, 1.54) is 49.8 Å². The van der Waals surface area contributed by atoms with Gasteiger partial charge in [-0.1, -0.05) is 69.4 Å². The molecule has 0 N–H and O–H groups in total. The van der Waals surface area contributed by atoms with Crippen molar-refractivity contribution in [2.24, 2.45) is 0 Å². The van der Waals surface area contributed by atoms with Gasteiger partial charge in [0.2, 0.25) is 0 Å². The van der Waals surface area contributed by atoms with Crippen molar-refractivity contribution in [3.8, 4) is 0 Å². The van der Waals surface area contributed by atoms with Crippen LogP contribution in [0.5, 0.6) is 0 Å². The third-order valence-electron chi connectivity index (χ3n) is 3.81. The van der Waals surface area contributed by atoms with Crippen LogP contribution in [0.25, 0.3) is 0 Å². The van der Waals surface area contributed by atoms with Gasteiger partial charge >= 0.3 is 0 Å². The first kappa shape index (κ1) is 15.7. The molecule has 0 saturated carbocycles. The number of aryl methyl sites for hydroxylation is 1. The van der Waals surface area contributed by atoms with Crippen LogP contribution in [0, 0.1) is 0 Å². The van der Waals surface area contributed by atoms with E-state index < -0.39 is 0 Å². The minimum Gasteiger partial charge on any atom is -0.249 e. The lowest BCUT2D eigenvalue weighted by atomic mass is 10.1. The average Bonchev–Trinajstić information content (AvgIpc) is 2.52. The van der Waals surface area contributed by atoms with Crippen LogP contribution in [-0.4, -0.2) is 4.98 Å². The molecule has 0 fully saturated rings. The van der Waals surface area contributed by atoms with Crippen LogP contribution in [0.4, 0.5) is 0 Å². The molecule has 2 rings (SSSR count). The van der Waals surface area contributed by atoms with Gasteiger partial charge < -0.3 is 0 Å². The number of aromatic nitrogens is 2. The topological polar surface area (TPSA) is 16.8 Å². The Balaban J connectivity index is 1.78. The van der Waals surface area contributed by atoms with Crippen LogP contribution in [-0.2, 0) is 13.0 Å². The Morgan fingerprint density at radius 1 is 0.952 bits per heavy atom. The van der Waals surface area contributed by atoms with E-state index in [9.17, 15) is 0 Å². The molecule has 1 aromatic carbocycles. The summed E-state index contributed by atoms with van der Waals surface area (Å²) < 4.78 is 2.23. The van der Waals surface area contributed by atoms with Gasteiger partial charge in [-0.25, -0.2) is 4.98 Å². The molecule has 0 radical (unpaired) electrons. The average molecular weight is 283 g/mol. The molecule has 0 unspecified atom stereocenters.